The highest BCUT2D eigenvalue weighted by atomic mass is 79.9. The van der Waals surface area contributed by atoms with Gasteiger partial charge in [-0.25, -0.2) is 8.42 Å². The molecule has 1 aromatic carbocycles. The van der Waals surface area contributed by atoms with E-state index < -0.39 is 10.0 Å². The second kappa shape index (κ2) is 5.45. The summed E-state index contributed by atoms with van der Waals surface area (Å²) in [4.78, 5) is -0.0206. The molecule has 0 aliphatic rings. The van der Waals surface area contributed by atoms with Crippen LogP contribution in [0.1, 0.15) is 12.5 Å². The van der Waals surface area contributed by atoms with Crippen LogP contribution in [0.3, 0.4) is 0 Å². The normalized spacial score (nSPS) is 11.6. The molecule has 1 heterocycles. The van der Waals surface area contributed by atoms with E-state index in [2.05, 4.69) is 25.8 Å². The van der Waals surface area contributed by atoms with Crippen molar-refractivity contribution in [2.75, 3.05) is 10.5 Å². The van der Waals surface area contributed by atoms with E-state index in [1.54, 1.807) is 12.1 Å². The number of halogens is 1. The highest BCUT2D eigenvalue weighted by Gasteiger charge is 2.22. The van der Waals surface area contributed by atoms with Gasteiger partial charge >= 0.3 is 0 Å². The maximum Gasteiger partial charge on any atom is 0.267 e. The van der Waals surface area contributed by atoms with Gasteiger partial charge in [0.05, 0.1) is 5.69 Å². The molecule has 0 saturated carbocycles. The first-order valence-electron chi connectivity index (χ1n) is 5.95. The molecule has 0 spiro atoms. The van der Waals surface area contributed by atoms with E-state index in [9.17, 15) is 8.42 Å². The number of hydrogen-bond acceptors (Lipinski definition) is 4. The Bertz CT molecular complexity index is 740. The summed E-state index contributed by atoms with van der Waals surface area (Å²) in [6, 6.07) is 5.40. The highest BCUT2D eigenvalue weighted by Crippen LogP contribution is 2.27. The molecule has 0 fully saturated rings. The third-order valence-electron chi connectivity index (χ3n) is 2.73. The van der Waals surface area contributed by atoms with Crippen LogP contribution in [-0.4, -0.2) is 18.2 Å². The Morgan fingerprint density at radius 3 is 2.75 bits per heavy atom. The van der Waals surface area contributed by atoms with Gasteiger partial charge in [0.1, 0.15) is 4.90 Å². The van der Waals surface area contributed by atoms with Crippen molar-refractivity contribution in [1.29, 1.82) is 0 Å². The lowest BCUT2D eigenvalue weighted by atomic mass is 10.2. The van der Waals surface area contributed by atoms with Crippen LogP contribution < -0.4 is 10.5 Å². The largest absolute Gasteiger partial charge is 0.381 e. The molecule has 2 aromatic rings. The first-order chi connectivity index (χ1) is 9.33. The van der Waals surface area contributed by atoms with E-state index >= 15 is 0 Å². The van der Waals surface area contributed by atoms with E-state index in [4.69, 9.17) is 5.73 Å². The number of nitrogens with two attached hydrogens (primary N) is 1. The maximum atomic E-state index is 12.3. The number of aryl methyl sites for hydroxylation is 2. The predicted molar refractivity (Wildman–Crippen MR) is 82.0 cm³/mol. The fraction of sp³-hybridized carbons (Fsp3) is 0.250. The van der Waals surface area contributed by atoms with Gasteiger partial charge in [0.2, 0.25) is 0 Å². The van der Waals surface area contributed by atoms with Crippen LogP contribution in [0.25, 0.3) is 0 Å². The topological polar surface area (TPSA) is 90.0 Å². The quantitative estimate of drug-likeness (QED) is 0.877. The zero-order valence-corrected chi connectivity index (χ0v) is 13.5. The van der Waals surface area contributed by atoms with Crippen molar-refractivity contribution < 1.29 is 8.42 Å². The molecule has 0 amide bonds. The zero-order valence-electron chi connectivity index (χ0n) is 11.1. The third-order valence-corrected chi connectivity index (χ3v) is 4.81. The van der Waals surface area contributed by atoms with E-state index in [0.717, 1.165) is 5.56 Å². The van der Waals surface area contributed by atoms with Crippen molar-refractivity contribution in [3.05, 3.63) is 34.4 Å². The second-order valence-electron chi connectivity index (χ2n) is 4.32. The molecule has 0 aliphatic carbocycles. The Morgan fingerprint density at radius 1 is 1.45 bits per heavy atom. The van der Waals surface area contributed by atoms with Gasteiger partial charge in [0.15, 0.2) is 5.82 Å². The first kappa shape index (κ1) is 14.9. The molecule has 0 atom stereocenters. The van der Waals surface area contributed by atoms with E-state index in [0.29, 0.717) is 16.7 Å². The fourth-order valence-electron chi connectivity index (χ4n) is 1.70. The molecule has 3 N–H and O–H groups in total. The SMILES string of the molecule is CCn1cc(S(=O)(=O)Nc2cc(C)ccc2Br)c(N)n1. The smallest absolute Gasteiger partial charge is 0.267 e. The number of rotatable bonds is 4. The van der Waals surface area contributed by atoms with Gasteiger partial charge in [-0.1, -0.05) is 6.07 Å². The Labute approximate surface area is 126 Å². The molecule has 0 unspecified atom stereocenters. The summed E-state index contributed by atoms with van der Waals surface area (Å²) in [7, 11) is -3.76. The average Bonchev–Trinajstić information content (AvgIpc) is 2.76. The molecule has 8 heteroatoms. The maximum absolute atomic E-state index is 12.3. The van der Waals surface area contributed by atoms with Gasteiger partial charge in [-0.05, 0) is 47.5 Å². The molecule has 0 saturated heterocycles. The van der Waals surface area contributed by atoms with Gasteiger partial charge < -0.3 is 5.73 Å². The minimum absolute atomic E-state index is 0.0110. The highest BCUT2D eigenvalue weighted by molar-refractivity contribution is 9.10. The zero-order chi connectivity index (χ0) is 14.9. The summed E-state index contributed by atoms with van der Waals surface area (Å²) >= 11 is 3.31. The summed E-state index contributed by atoms with van der Waals surface area (Å²) in [5.74, 6) is -0.0110. The standard InChI is InChI=1S/C12H15BrN4O2S/c1-3-17-7-11(12(14)15-17)20(18,19)16-10-6-8(2)4-5-9(10)13/h4-7,16H,3H2,1-2H3,(H2,14,15). The number of nitrogen functional groups attached to an aromatic ring is 1. The van der Waals surface area contributed by atoms with E-state index in [1.807, 2.05) is 19.9 Å². The van der Waals surface area contributed by atoms with Gasteiger partial charge in [-0.15, -0.1) is 0 Å². The van der Waals surface area contributed by atoms with Crippen LogP contribution >= 0.6 is 15.9 Å². The number of aromatic nitrogens is 2. The van der Waals surface area contributed by atoms with Crippen LogP contribution in [-0.2, 0) is 16.6 Å². The second-order valence-corrected chi connectivity index (χ2v) is 6.83. The first-order valence-corrected chi connectivity index (χ1v) is 8.23. The summed E-state index contributed by atoms with van der Waals surface area (Å²) in [5, 5.41) is 3.94. The minimum atomic E-state index is -3.76. The fourth-order valence-corrected chi connectivity index (χ4v) is 3.33. The number of anilines is 2. The number of hydrogen-bond donors (Lipinski definition) is 2. The Balaban J connectivity index is 2.40. The average molecular weight is 359 g/mol. The van der Waals surface area contributed by atoms with Crippen LogP contribution in [0.2, 0.25) is 0 Å². The number of nitrogens with zero attached hydrogens (tertiary/aromatic N) is 2. The molecule has 108 valence electrons. The molecule has 0 aliphatic heterocycles. The van der Waals surface area contributed by atoms with Gasteiger partial charge in [0, 0.05) is 17.2 Å². The van der Waals surface area contributed by atoms with Crippen LogP contribution in [0.15, 0.2) is 33.8 Å². The van der Waals surface area contributed by atoms with E-state index in [-0.39, 0.29) is 10.7 Å². The van der Waals surface area contributed by atoms with Crippen molar-refractivity contribution in [3.63, 3.8) is 0 Å². The van der Waals surface area contributed by atoms with Crippen molar-refractivity contribution >= 4 is 37.5 Å². The summed E-state index contributed by atoms with van der Waals surface area (Å²) in [5.41, 5.74) is 7.08. The predicted octanol–water partition coefficient (Wildman–Crippen LogP) is 2.36. The number of benzene rings is 1. The summed E-state index contributed by atoms with van der Waals surface area (Å²) in [6.45, 7) is 4.29. The Hall–Kier alpha value is -1.54. The molecule has 6 nitrogen and oxygen atoms in total. The summed E-state index contributed by atoms with van der Waals surface area (Å²) in [6.07, 6.45) is 1.42. The van der Waals surface area contributed by atoms with E-state index in [1.165, 1.54) is 10.9 Å². The van der Waals surface area contributed by atoms with Crippen LogP contribution in [0, 0.1) is 6.92 Å². The van der Waals surface area contributed by atoms with Crippen molar-refractivity contribution in [2.45, 2.75) is 25.3 Å². The lowest BCUT2D eigenvalue weighted by Gasteiger charge is -2.09. The molecular weight excluding hydrogens is 344 g/mol. The van der Waals surface area contributed by atoms with Crippen molar-refractivity contribution in [3.8, 4) is 0 Å². The Morgan fingerprint density at radius 2 is 2.15 bits per heavy atom. The molecule has 0 radical (unpaired) electrons. The third kappa shape index (κ3) is 2.96. The molecule has 1 aromatic heterocycles. The van der Waals surface area contributed by atoms with Crippen LogP contribution in [0.4, 0.5) is 11.5 Å². The van der Waals surface area contributed by atoms with Crippen LogP contribution in [0.5, 0.6) is 0 Å². The molecule has 2 rings (SSSR count). The lowest BCUT2D eigenvalue weighted by Crippen LogP contribution is -2.14. The lowest BCUT2D eigenvalue weighted by molar-refractivity contribution is 0.600. The van der Waals surface area contributed by atoms with Gasteiger partial charge in [-0.2, -0.15) is 5.10 Å². The van der Waals surface area contributed by atoms with Gasteiger partial charge in [0.25, 0.3) is 10.0 Å². The molecule has 20 heavy (non-hydrogen) atoms. The number of sulfonamides is 1. The molecule has 0 bridgehead atoms. The summed E-state index contributed by atoms with van der Waals surface area (Å²) < 4.78 is 29.4. The number of nitrogens with one attached hydrogen (secondary N) is 1. The monoisotopic (exact) mass is 358 g/mol. The Kier molecular flexibility index (Phi) is 4.05. The van der Waals surface area contributed by atoms with Crippen molar-refractivity contribution in [2.24, 2.45) is 0 Å². The minimum Gasteiger partial charge on any atom is -0.381 e. The van der Waals surface area contributed by atoms with Crippen molar-refractivity contribution in [1.82, 2.24) is 9.78 Å². The molecular formula is C12H15BrN4O2S. The van der Waals surface area contributed by atoms with Gasteiger partial charge in [-0.3, -0.25) is 9.40 Å².